The molecule has 0 bridgehead atoms. The zero-order valence-corrected chi connectivity index (χ0v) is 9.96. The molecule has 1 aromatic rings. The Morgan fingerprint density at radius 3 is 2.59 bits per heavy atom. The standard InChI is InChI=1S/C11H15F2NO2S/c12-7-1-2-9(10(13)3-7)11(14)6-17-5-8(16)4-15/h1-3,8,11,15-16H,4-6,14H2. The first-order chi connectivity index (χ1) is 8.04. The molecule has 4 N–H and O–H groups in total. The molecule has 1 rings (SSSR count). The van der Waals surface area contributed by atoms with E-state index >= 15 is 0 Å². The van der Waals surface area contributed by atoms with Gasteiger partial charge >= 0.3 is 0 Å². The number of aliphatic hydroxyl groups is 2. The van der Waals surface area contributed by atoms with E-state index in [1.165, 1.54) is 17.8 Å². The van der Waals surface area contributed by atoms with Crippen LogP contribution in [0.2, 0.25) is 0 Å². The van der Waals surface area contributed by atoms with Crippen LogP contribution in [-0.2, 0) is 0 Å². The number of hydrogen-bond donors (Lipinski definition) is 3. The quantitative estimate of drug-likeness (QED) is 0.718. The van der Waals surface area contributed by atoms with Gasteiger partial charge in [0.2, 0.25) is 0 Å². The lowest BCUT2D eigenvalue weighted by Gasteiger charge is -2.13. The van der Waals surface area contributed by atoms with Crippen molar-refractivity contribution in [3.8, 4) is 0 Å². The normalized spacial score (nSPS) is 14.6. The molecule has 2 atom stereocenters. The van der Waals surface area contributed by atoms with Gasteiger partial charge in [-0.05, 0) is 6.07 Å². The fourth-order valence-corrected chi connectivity index (χ4v) is 2.22. The van der Waals surface area contributed by atoms with Gasteiger partial charge in [0.1, 0.15) is 11.6 Å². The van der Waals surface area contributed by atoms with Crippen LogP contribution in [0.15, 0.2) is 18.2 Å². The highest BCUT2D eigenvalue weighted by molar-refractivity contribution is 7.99. The SMILES string of the molecule is NC(CSCC(O)CO)c1ccc(F)cc1F. The monoisotopic (exact) mass is 263 g/mol. The molecule has 0 aliphatic heterocycles. The fourth-order valence-electron chi connectivity index (χ4n) is 1.28. The lowest BCUT2D eigenvalue weighted by molar-refractivity contribution is 0.113. The third-order valence-corrected chi connectivity index (χ3v) is 3.40. The highest BCUT2D eigenvalue weighted by atomic mass is 32.2. The van der Waals surface area contributed by atoms with Crippen molar-refractivity contribution < 1.29 is 19.0 Å². The third-order valence-electron chi connectivity index (χ3n) is 2.18. The first kappa shape index (κ1) is 14.4. The minimum atomic E-state index is -0.801. The lowest BCUT2D eigenvalue weighted by Crippen LogP contribution is -2.19. The van der Waals surface area contributed by atoms with Crippen LogP contribution in [0.4, 0.5) is 8.78 Å². The number of aliphatic hydroxyl groups excluding tert-OH is 2. The molecule has 1 aromatic carbocycles. The molecule has 0 saturated carbocycles. The van der Waals surface area contributed by atoms with E-state index in [1.807, 2.05) is 0 Å². The number of rotatable bonds is 6. The summed E-state index contributed by atoms with van der Waals surface area (Å²) in [5.74, 6) is -0.588. The van der Waals surface area contributed by atoms with Crippen molar-refractivity contribution in [2.45, 2.75) is 12.1 Å². The van der Waals surface area contributed by atoms with Crippen molar-refractivity contribution >= 4 is 11.8 Å². The highest BCUT2D eigenvalue weighted by Crippen LogP contribution is 2.20. The summed E-state index contributed by atoms with van der Waals surface area (Å²) < 4.78 is 26.0. The Hall–Kier alpha value is -0.690. The average Bonchev–Trinajstić information content (AvgIpc) is 2.28. The number of thioether (sulfide) groups is 1. The Balaban J connectivity index is 2.49. The van der Waals surface area contributed by atoms with Crippen LogP contribution in [0.1, 0.15) is 11.6 Å². The van der Waals surface area contributed by atoms with E-state index < -0.39 is 23.8 Å². The van der Waals surface area contributed by atoms with Crippen molar-refractivity contribution in [3.05, 3.63) is 35.4 Å². The molecule has 3 nitrogen and oxygen atoms in total. The molecule has 0 aromatic heterocycles. The topological polar surface area (TPSA) is 66.5 Å². The van der Waals surface area contributed by atoms with Crippen molar-refractivity contribution in [1.29, 1.82) is 0 Å². The molecule has 0 amide bonds. The lowest BCUT2D eigenvalue weighted by atomic mass is 10.1. The largest absolute Gasteiger partial charge is 0.394 e. The van der Waals surface area contributed by atoms with Gasteiger partial charge in [-0.2, -0.15) is 11.8 Å². The summed E-state index contributed by atoms with van der Waals surface area (Å²) in [6, 6.07) is 2.71. The van der Waals surface area contributed by atoms with Crippen molar-refractivity contribution in [2.75, 3.05) is 18.1 Å². The molecule has 17 heavy (non-hydrogen) atoms. The number of hydrogen-bond acceptors (Lipinski definition) is 4. The van der Waals surface area contributed by atoms with Gasteiger partial charge in [0.25, 0.3) is 0 Å². The van der Waals surface area contributed by atoms with Gasteiger partial charge in [0.15, 0.2) is 0 Å². The van der Waals surface area contributed by atoms with Gasteiger partial charge < -0.3 is 15.9 Å². The smallest absolute Gasteiger partial charge is 0.130 e. The molecule has 0 aliphatic rings. The van der Waals surface area contributed by atoms with E-state index in [-0.39, 0.29) is 12.2 Å². The Morgan fingerprint density at radius 2 is 2.00 bits per heavy atom. The van der Waals surface area contributed by atoms with Gasteiger partial charge in [0.05, 0.1) is 12.7 Å². The molecule has 6 heteroatoms. The number of nitrogens with two attached hydrogens (primary N) is 1. The van der Waals surface area contributed by atoms with Gasteiger partial charge in [-0.3, -0.25) is 0 Å². The van der Waals surface area contributed by atoms with Crippen LogP contribution >= 0.6 is 11.8 Å². The molecule has 0 radical (unpaired) electrons. The first-order valence-electron chi connectivity index (χ1n) is 5.11. The van der Waals surface area contributed by atoms with Gasteiger partial charge in [-0.25, -0.2) is 8.78 Å². The van der Waals surface area contributed by atoms with Crippen LogP contribution in [-0.4, -0.2) is 34.4 Å². The summed E-state index contributed by atoms with van der Waals surface area (Å²) >= 11 is 1.31. The summed E-state index contributed by atoms with van der Waals surface area (Å²) in [5.41, 5.74) is 5.99. The second-order valence-corrected chi connectivity index (χ2v) is 4.72. The predicted molar refractivity (Wildman–Crippen MR) is 63.7 cm³/mol. The summed E-state index contributed by atoms with van der Waals surface area (Å²) in [5, 5.41) is 17.7. The summed E-state index contributed by atoms with van der Waals surface area (Å²) in [6.45, 7) is -0.312. The van der Waals surface area contributed by atoms with Crippen LogP contribution in [0.3, 0.4) is 0 Å². The van der Waals surface area contributed by atoms with E-state index in [0.29, 0.717) is 11.5 Å². The minimum Gasteiger partial charge on any atom is -0.394 e. The number of benzene rings is 1. The average molecular weight is 263 g/mol. The molecule has 0 fully saturated rings. The van der Waals surface area contributed by atoms with E-state index in [4.69, 9.17) is 15.9 Å². The molecular weight excluding hydrogens is 248 g/mol. The highest BCUT2D eigenvalue weighted by Gasteiger charge is 2.13. The second-order valence-electron chi connectivity index (χ2n) is 3.65. The van der Waals surface area contributed by atoms with E-state index in [2.05, 4.69) is 0 Å². The van der Waals surface area contributed by atoms with E-state index in [9.17, 15) is 8.78 Å². The van der Waals surface area contributed by atoms with E-state index in [1.54, 1.807) is 0 Å². The number of halogens is 2. The summed E-state index contributed by atoms with van der Waals surface area (Å²) in [7, 11) is 0. The van der Waals surface area contributed by atoms with Crippen molar-refractivity contribution in [3.63, 3.8) is 0 Å². The fraction of sp³-hybridized carbons (Fsp3) is 0.455. The maximum absolute atomic E-state index is 13.3. The third kappa shape index (κ3) is 4.59. The molecule has 0 heterocycles. The zero-order chi connectivity index (χ0) is 12.8. The minimum absolute atomic E-state index is 0.248. The van der Waals surface area contributed by atoms with Gasteiger partial charge in [-0.1, -0.05) is 6.07 Å². The molecule has 0 saturated heterocycles. The van der Waals surface area contributed by atoms with Crippen molar-refractivity contribution in [1.82, 2.24) is 0 Å². The van der Waals surface area contributed by atoms with Crippen LogP contribution in [0.5, 0.6) is 0 Å². The Morgan fingerprint density at radius 1 is 1.29 bits per heavy atom. The first-order valence-corrected chi connectivity index (χ1v) is 6.27. The van der Waals surface area contributed by atoms with Crippen LogP contribution < -0.4 is 5.73 Å². The Labute approximate surface area is 103 Å². The summed E-state index contributed by atoms with van der Waals surface area (Å²) in [4.78, 5) is 0. The molecule has 0 aliphatic carbocycles. The van der Waals surface area contributed by atoms with Crippen molar-refractivity contribution in [2.24, 2.45) is 5.73 Å². The second kappa shape index (κ2) is 6.90. The maximum atomic E-state index is 13.3. The van der Waals surface area contributed by atoms with Gasteiger partial charge in [0, 0.05) is 29.2 Å². The van der Waals surface area contributed by atoms with Crippen LogP contribution in [0, 0.1) is 11.6 Å². The Bertz CT molecular complexity index is 365. The molecule has 96 valence electrons. The molecular formula is C11H15F2NO2S. The maximum Gasteiger partial charge on any atom is 0.130 e. The molecule has 0 spiro atoms. The van der Waals surface area contributed by atoms with E-state index in [0.717, 1.165) is 12.1 Å². The Kier molecular flexibility index (Phi) is 5.84. The predicted octanol–water partition coefficient (Wildman–Crippen LogP) is 1.05. The van der Waals surface area contributed by atoms with Crippen LogP contribution in [0.25, 0.3) is 0 Å². The zero-order valence-electron chi connectivity index (χ0n) is 9.14. The summed E-state index contributed by atoms with van der Waals surface area (Å²) in [6.07, 6.45) is -0.801. The van der Waals surface area contributed by atoms with Gasteiger partial charge in [-0.15, -0.1) is 0 Å². The molecule has 2 unspecified atom stereocenters.